The van der Waals surface area contributed by atoms with Crippen molar-refractivity contribution >= 4 is 11.0 Å². The van der Waals surface area contributed by atoms with E-state index in [2.05, 4.69) is 0 Å². The molecule has 0 amide bonds. The Morgan fingerprint density at radius 2 is 1.50 bits per heavy atom. The molecule has 0 saturated carbocycles. The van der Waals surface area contributed by atoms with Crippen LogP contribution in [-0.2, 0) is 15.9 Å². The van der Waals surface area contributed by atoms with E-state index in [1.165, 1.54) is 14.0 Å². The lowest BCUT2D eigenvalue weighted by Crippen LogP contribution is -2.60. The first kappa shape index (κ1) is 35.5. The zero-order valence-electron chi connectivity index (χ0n) is 26.6. The van der Waals surface area contributed by atoms with Crippen molar-refractivity contribution in [2.24, 2.45) is 0 Å². The molecule has 0 bridgehead atoms. The van der Waals surface area contributed by atoms with Crippen LogP contribution in [0.2, 0.25) is 0 Å². The van der Waals surface area contributed by atoms with Crippen LogP contribution in [-0.4, -0.2) is 116 Å². The minimum absolute atomic E-state index is 0.0725. The summed E-state index contributed by atoms with van der Waals surface area (Å²) in [4.78, 5) is 14.3. The van der Waals surface area contributed by atoms with E-state index >= 15 is 0 Å². The summed E-state index contributed by atoms with van der Waals surface area (Å²) in [6, 6.07) is 7.41. The number of ether oxygens (including phenoxy) is 5. The molecule has 2 aliphatic rings. The Balaban J connectivity index is 1.71. The van der Waals surface area contributed by atoms with Crippen molar-refractivity contribution in [2.75, 3.05) is 13.7 Å². The number of benzene rings is 2. The number of hydrogen-bond acceptors (Lipinski definition) is 15. The van der Waals surface area contributed by atoms with Gasteiger partial charge in [-0.2, -0.15) is 0 Å². The van der Waals surface area contributed by atoms with Crippen LogP contribution >= 0.6 is 0 Å². The molecule has 0 aliphatic carbocycles. The number of rotatable bonds is 9. The number of methoxy groups -OCH3 is 1. The van der Waals surface area contributed by atoms with Crippen molar-refractivity contribution in [3.63, 3.8) is 0 Å². The molecule has 2 saturated heterocycles. The third kappa shape index (κ3) is 6.74. The molecule has 1 aromatic heterocycles. The van der Waals surface area contributed by atoms with Gasteiger partial charge in [0.05, 0.1) is 19.8 Å². The maximum Gasteiger partial charge on any atom is 0.239 e. The van der Waals surface area contributed by atoms with Gasteiger partial charge in [-0.3, -0.25) is 4.79 Å². The molecule has 3 heterocycles. The van der Waals surface area contributed by atoms with E-state index in [0.717, 1.165) is 11.6 Å². The SMILES string of the molecule is COc1ccc(-c2oc3c(CC=C(C)C)c(OC4O[C@H](CO)[C@@H](O)[C@H](O)[C@H]4O)cc(O)c3c(=O)c2O[C@@H]2O[C@@H](C)[C@H](O)[C@@H](O)[C@H]2O)cc1. The fraction of sp³-hybridized carbons (Fsp3) is 0.485. The molecule has 0 spiro atoms. The van der Waals surface area contributed by atoms with E-state index in [1.807, 2.05) is 13.8 Å². The van der Waals surface area contributed by atoms with Gasteiger partial charge in [0.15, 0.2) is 5.76 Å². The first-order valence-electron chi connectivity index (χ1n) is 15.2. The van der Waals surface area contributed by atoms with Gasteiger partial charge in [0.1, 0.15) is 70.9 Å². The highest BCUT2D eigenvalue weighted by atomic mass is 16.7. The van der Waals surface area contributed by atoms with Crippen LogP contribution in [0.5, 0.6) is 23.0 Å². The van der Waals surface area contributed by atoms with Gasteiger partial charge in [-0.25, -0.2) is 0 Å². The van der Waals surface area contributed by atoms with E-state index < -0.39 is 84.9 Å². The highest BCUT2D eigenvalue weighted by Crippen LogP contribution is 2.41. The lowest BCUT2D eigenvalue weighted by molar-refractivity contribution is -0.277. The molecule has 3 aromatic rings. The summed E-state index contributed by atoms with van der Waals surface area (Å²) in [6.07, 6.45) is -13.7. The summed E-state index contributed by atoms with van der Waals surface area (Å²) in [5.41, 5.74) is 0.341. The molecule has 1 unspecified atom stereocenters. The number of phenolic OH excluding ortho intramolecular Hbond substituents is 1. The number of fused-ring (bicyclic) bond motifs is 1. The zero-order valence-corrected chi connectivity index (χ0v) is 26.6. The number of hydrogen-bond donors (Lipinski definition) is 8. The average molecular weight is 677 g/mol. The van der Waals surface area contributed by atoms with E-state index in [1.54, 1.807) is 30.3 Å². The Morgan fingerprint density at radius 3 is 2.10 bits per heavy atom. The van der Waals surface area contributed by atoms with Crippen LogP contribution in [0.25, 0.3) is 22.3 Å². The fourth-order valence-electron chi connectivity index (χ4n) is 5.52. The summed E-state index contributed by atoms with van der Waals surface area (Å²) >= 11 is 0. The number of aromatic hydroxyl groups is 1. The molecular weight excluding hydrogens is 636 g/mol. The van der Waals surface area contributed by atoms with Crippen molar-refractivity contribution in [3.8, 4) is 34.3 Å². The zero-order chi connectivity index (χ0) is 35.0. The maximum absolute atomic E-state index is 14.3. The first-order chi connectivity index (χ1) is 22.8. The van der Waals surface area contributed by atoms with Crippen LogP contribution in [0, 0.1) is 0 Å². The van der Waals surface area contributed by atoms with Crippen LogP contribution in [0.4, 0.5) is 0 Å². The molecule has 48 heavy (non-hydrogen) atoms. The van der Waals surface area contributed by atoms with Crippen LogP contribution in [0.15, 0.2) is 51.2 Å². The number of phenols is 1. The van der Waals surface area contributed by atoms with Crippen molar-refractivity contribution in [1.82, 2.24) is 0 Å². The van der Waals surface area contributed by atoms with Crippen molar-refractivity contribution in [3.05, 3.63) is 57.8 Å². The number of aliphatic hydroxyl groups excluding tert-OH is 7. The summed E-state index contributed by atoms with van der Waals surface area (Å²) in [5.74, 6) is -0.922. The number of allylic oxidation sites excluding steroid dienone is 2. The summed E-state index contributed by atoms with van der Waals surface area (Å²) in [5, 5.41) is 82.9. The largest absolute Gasteiger partial charge is 0.507 e. The molecule has 15 heteroatoms. The van der Waals surface area contributed by atoms with Gasteiger partial charge in [-0.05, 0) is 51.5 Å². The molecule has 5 rings (SSSR count). The van der Waals surface area contributed by atoms with E-state index in [4.69, 9.17) is 28.1 Å². The molecule has 2 aromatic carbocycles. The summed E-state index contributed by atoms with van der Waals surface area (Å²) in [7, 11) is 1.47. The summed E-state index contributed by atoms with van der Waals surface area (Å²) in [6.45, 7) is 4.40. The van der Waals surface area contributed by atoms with Gasteiger partial charge in [0, 0.05) is 17.2 Å². The third-order valence-corrected chi connectivity index (χ3v) is 8.37. The summed E-state index contributed by atoms with van der Waals surface area (Å²) < 4.78 is 34.5. The Morgan fingerprint density at radius 1 is 0.875 bits per heavy atom. The average Bonchev–Trinajstić information content (AvgIpc) is 3.06. The lowest BCUT2D eigenvalue weighted by atomic mass is 9.99. The molecule has 262 valence electrons. The van der Waals surface area contributed by atoms with Gasteiger partial charge < -0.3 is 69.0 Å². The predicted octanol–water partition coefficient (Wildman–Crippen LogP) is 0.0679. The highest BCUT2D eigenvalue weighted by molar-refractivity contribution is 5.91. The third-order valence-electron chi connectivity index (χ3n) is 8.37. The molecule has 2 fully saturated rings. The van der Waals surface area contributed by atoms with Crippen molar-refractivity contribution in [2.45, 2.75) is 88.6 Å². The Labute approximate surface area is 274 Å². The van der Waals surface area contributed by atoms with Crippen molar-refractivity contribution < 1.29 is 69.0 Å². The van der Waals surface area contributed by atoms with Crippen LogP contribution in [0.1, 0.15) is 26.3 Å². The topological polar surface area (TPSA) is 238 Å². The predicted molar refractivity (Wildman–Crippen MR) is 167 cm³/mol. The highest BCUT2D eigenvalue weighted by Gasteiger charge is 2.46. The van der Waals surface area contributed by atoms with Gasteiger partial charge in [0.25, 0.3) is 0 Å². The molecule has 2 aliphatic heterocycles. The first-order valence-corrected chi connectivity index (χ1v) is 15.2. The quantitative estimate of drug-likeness (QED) is 0.140. The van der Waals surface area contributed by atoms with Crippen LogP contribution < -0.4 is 19.6 Å². The second kappa shape index (κ2) is 14.4. The van der Waals surface area contributed by atoms with E-state index in [-0.39, 0.29) is 34.5 Å². The van der Waals surface area contributed by atoms with Gasteiger partial charge in [0.2, 0.25) is 23.8 Å². The Kier molecular flexibility index (Phi) is 10.6. The van der Waals surface area contributed by atoms with E-state index in [0.29, 0.717) is 11.3 Å². The number of aliphatic hydroxyl groups is 7. The van der Waals surface area contributed by atoms with Gasteiger partial charge in [-0.1, -0.05) is 11.6 Å². The second-order valence-electron chi connectivity index (χ2n) is 12.0. The van der Waals surface area contributed by atoms with Gasteiger partial charge in [-0.15, -0.1) is 0 Å². The minimum atomic E-state index is -1.77. The van der Waals surface area contributed by atoms with Crippen molar-refractivity contribution in [1.29, 1.82) is 0 Å². The van der Waals surface area contributed by atoms with Gasteiger partial charge >= 0.3 is 0 Å². The minimum Gasteiger partial charge on any atom is -0.507 e. The standard InChI is InChI=1S/C33H40O15/c1-13(2)5-10-17-19(45-33-28(42)26(40)23(37)20(12-34)46-33)11-18(35)21-24(38)31(48-32-27(41)25(39)22(36)14(3)44-32)29(47-30(17)21)15-6-8-16(43-4)9-7-15/h5-9,11,14,20,22-23,25-28,32-37,39-42H,10,12H2,1-4H3/t14-,20+,22-,23+,25+,26-,27+,28+,32-,33?/m0/s1. The Hall–Kier alpha value is -3.77. The molecule has 15 nitrogen and oxygen atoms in total. The molecule has 10 atom stereocenters. The molecule has 0 radical (unpaired) electrons. The molecular formula is C33H40O15. The maximum atomic E-state index is 14.3. The molecule has 8 N–H and O–H groups in total. The Bertz CT molecular complexity index is 1680. The smallest absolute Gasteiger partial charge is 0.239 e. The normalized spacial score (nSPS) is 30.6. The lowest BCUT2D eigenvalue weighted by Gasteiger charge is -2.39. The van der Waals surface area contributed by atoms with Crippen LogP contribution in [0.3, 0.4) is 0 Å². The monoisotopic (exact) mass is 676 g/mol. The van der Waals surface area contributed by atoms with E-state index in [9.17, 15) is 45.6 Å². The second-order valence-corrected chi connectivity index (χ2v) is 12.0. The fourth-order valence-corrected chi connectivity index (χ4v) is 5.52.